The van der Waals surface area contributed by atoms with Gasteiger partial charge in [-0.15, -0.1) is 0 Å². The van der Waals surface area contributed by atoms with Gasteiger partial charge in [-0.3, -0.25) is 9.59 Å². The summed E-state index contributed by atoms with van der Waals surface area (Å²) >= 11 is 0. The van der Waals surface area contributed by atoms with Gasteiger partial charge in [0, 0.05) is 12.8 Å². The molecule has 0 heterocycles. The Kier molecular flexibility index (Phi) is 12.4. The summed E-state index contributed by atoms with van der Waals surface area (Å²) in [5, 5.41) is 0. The van der Waals surface area contributed by atoms with E-state index < -0.39 is 0 Å². The molecular weight excluding hydrogens is 424 g/mol. The molecule has 0 saturated carbocycles. The Labute approximate surface area is 206 Å². The summed E-state index contributed by atoms with van der Waals surface area (Å²) in [6.45, 7) is 9.20. The van der Waals surface area contributed by atoms with Crippen molar-refractivity contribution in [3.05, 3.63) is 69.8 Å². The van der Waals surface area contributed by atoms with E-state index in [9.17, 15) is 9.59 Å². The van der Waals surface area contributed by atoms with Crippen molar-refractivity contribution >= 4 is 11.9 Å². The van der Waals surface area contributed by atoms with E-state index in [4.69, 9.17) is 9.47 Å². The molecule has 0 aliphatic carbocycles. The fourth-order valence-corrected chi connectivity index (χ4v) is 4.09. The third-order valence-corrected chi connectivity index (χ3v) is 6.19. The molecule has 0 N–H and O–H groups in total. The van der Waals surface area contributed by atoms with Crippen LogP contribution in [0.25, 0.3) is 0 Å². The summed E-state index contributed by atoms with van der Waals surface area (Å²) in [5.41, 5.74) is 7.23. The Hall–Kier alpha value is -2.62. The van der Waals surface area contributed by atoms with E-state index >= 15 is 0 Å². The number of hydrogen-bond acceptors (Lipinski definition) is 4. The van der Waals surface area contributed by atoms with Crippen LogP contribution in [0, 0.1) is 0 Å². The number of benzene rings is 2. The molecule has 0 radical (unpaired) electrons. The average Bonchev–Trinajstić information content (AvgIpc) is 2.85. The van der Waals surface area contributed by atoms with Gasteiger partial charge in [-0.2, -0.15) is 0 Å². The molecule has 2 rings (SSSR count). The molecule has 0 spiro atoms. The van der Waals surface area contributed by atoms with Crippen LogP contribution in [0.3, 0.4) is 0 Å². The minimum absolute atomic E-state index is 0.210. The number of rotatable bonds is 15. The van der Waals surface area contributed by atoms with Gasteiger partial charge in [0.25, 0.3) is 0 Å². The van der Waals surface area contributed by atoms with Gasteiger partial charge in [0.05, 0.1) is 0 Å². The van der Waals surface area contributed by atoms with Crippen LogP contribution >= 0.6 is 0 Å². The van der Waals surface area contributed by atoms with E-state index in [2.05, 4.69) is 64.1 Å². The fourth-order valence-electron chi connectivity index (χ4n) is 4.09. The van der Waals surface area contributed by atoms with E-state index in [-0.39, 0.29) is 11.9 Å². The van der Waals surface area contributed by atoms with Crippen molar-refractivity contribution in [3.63, 3.8) is 0 Å². The van der Waals surface area contributed by atoms with Crippen molar-refractivity contribution in [1.82, 2.24) is 0 Å². The lowest BCUT2D eigenvalue weighted by atomic mass is 10.00. The zero-order chi connectivity index (χ0) is 24.8. The molecule has 4 heteroatoms. The lowest BCUT2D eigenvalue weighted by Crippen LogP contribution is -2.08. The molecule has 0 bridgehead atoms. The Morgan fingerprint density at radius 2 is 1.03 bits per heavy atom. The van der Waals surface area contributed by atoms with Crippen molar-refractivity contribution in [1.29, 1.82) is 0 Å². The molecule has 0 atom stereocenters. The van der Waals surface area contributed by atoms with E-state index in [0.29, 0.717) is 38.9 Å². The number of esters is 2. The Balaban J connectivity index is 1.72. The van der Waals surface area contributed by atoms with Crippen molar-refractivity contribution in [2.24, 2.45) is 0 Å². The molecule has 186 valence electrons. The lowest BCUT2D eigenvalue weighted by molar-refractivity contribution is -0.147. The highest BCUT2D eigenvalue weighted by atomic mass is 16.5. The number of carbonyl (C=O) groups excluding carboxylic acids is 2. The number of ether oxygens (including phenoxy) is 2. The Bertz CT molecular complexity index is 841. The number of hydrogen-bond donors (Lipinski definition) is 0. The van der Waals surface area contributed by atoms with Crippen LogP contribution in [0.2, 0.25) is 0 Å². The largest absolute Gasteiger partial charge is 0.461 e. The second-order valence-electron chi connectivity index (χ2n) is 8.94. The molecule has 2 aromatic rings. The molecule has 0 saturated heterocycles. The van der Waals surface area contributed by atoms with Crippen LogP contribution in [-0.4, -0.2) is 11.9 Å². The fraction of sp³-hybridized carbons (Fsp3) is 0.533. The summed E-state index contributed by atoms with van der Waals surface area (Å²) in [5.74, 6) is -0.420. The maximum atomic E-state index is 12.2. The lowest BCUT2D eigenvalue weighted by Gasteiger charge is -2.12. The third-order valence-electron chi connectivity index (χ3n) is 6.19. The summed E-state index contributed by atoms with van der Waals surface area (Å²) < 4.78 is 11.1. The molecule has 0 amide bonds. The van der Waals surface area contributed by atoms with Gasteiger partial charge < -0.3 is 9.47 Å². The zero-order valence-corrected chi connectivity index (χ0v) is 21.6. The second-order valence-corrected chi connectivity index (χ2v) is 8.94. The summed E-state index contributed by atoms with van der Waals surface area (Å²) in [6, 6.07) is 12.9. The van der Waals surface area contributed by atoms with Crippen LogP contribution in [0.1, 0.15) is 99.6 Å². The van der Waals surface area contributed by atoms with Crippen molar-refractivity contribution in [2.75, 3.05) is 0 Å². The average molecular weight is 467 g/mol. The van der Waals surface area contributed by atoms with E-state index in [1.54, 1.807) is 0 Å². The minimum atomic E-state index is -0.210. The summed E-state index contributed by atoms with van der Waals surface area (Å²) in [6.07, 6.45) is 7.92. The standard InChI is InChI=1S/C30H42O4/c1-5-11-25-17-15-23(7-3)19-27(25)21-33-29(31)13-9-10-14-30(32)34-22-28-20-24(8-4)16-18-26(28)12-6-2/h15-20H,5-14,21-22H2,1-4H3. The van der Waals surface area contributed by atoms with Crippen molar-refractivity contribution in [3.8, 4) is 0 Å². The van der Waals surface area contributed by atoms with Crippen LogP contribution in [0.15, 0.2) is 36.4 Å². The van der Waals surface area contributed by atoms with Crippen LogP contribution in [0.4, 0.5) is 0 Å². The normalized spacial score (nSPS) is 10.8. The molecule has 0 unspecified atom stereocenters. The van der Waals surface area contributed by atoms with Crippen LogP contribution in [0.5, 0.6) is 0 Å². The number of aryl methyl sites for hydroxylation is 4. The van der Waals surface area contributed by atoms with E-state index in [0.717, 1.165) is 49.7 Å². The highest BCUT2D eigenvalue weighted by Gasteiger charge is 2.10. The minimum Gasteiger partial charge on any atom is -0.461 e. The van der Waals surface area contributed by atoms with Crippen LogP contribution < -0.4 is 0 Å². The van der Waals surface area contributed by atoms with E-state index in [1.165, 1.54) is 22.3 Å². The van der Waals surface area contributed by atoms with Gasteiger partial charge in [0.15, 0.2) is 0 Å². The Morgan fingerprint density at radius 3 is 1.38 bits per heavy atom. The molecule has 0 aromatic heterocycles. The molecule has 2 aromatic carbocycles. The zero-order valence-electron chi connectivity index (χ0n) is 21.6. The SMILES string of the molecule is CCCc1ccc(CC)cc1COC(=O)CCCCC(=O)OCc1cc(CC)ccc1CCC. The predicted octanol–water partition coefficient (Wildman–Crippen LogP) is 7.06. The second kappa shape index (κ2) is 15.3. The molecule has 0 aliphatic rings. The van der Waals surface area contributed by atoms with Gasteiger partial charge in [0.1, 0.15) is 13.2 Å². The highest BCUT2D eigenvalue weighted by molar-refractivity contribution is 5.70. The van der Waals surface area contributed by atoms with E-state index in [1.807, 2.05) is 0 Å². The predicted molar refractivity (Wildman–Crippen MR) is 138 cm³/mol. The third kappa shape index (κ3) is 9.32. The first-order valence-corrected chi connectivity index (χ1v) is 13.0. The van der Waals surface area contributed by atoms with Crippen molar-refractivity contribution in [2.45, 2.75) is 105 Å². The molecular formula is C30H42O4. The highest BCUT2D eigenvalue weighted by Crippen LogP contribution is 2.18. The number of carbonyl (C=O) groups is 2. The smallest absolute Gasteiger partial charge is 0.306 e. The summed E-state index contributed by atoms with van der Waals surface area (Å²) in [7, 11) is 0. The molecule has 0 aliphatic heterocycles. The maximum Gasteiger partial charge on any atom is 0.306 e. The van der Waals surface area contributed by atoms with Gasteiger partial charge in [-0.25, -0.2) is 0 Å². The first-order valence-electron chi connectivity index (χ1n) is 13.0. The summed E-state index contributed by atoms with van der Waals surface area (Å²) in [4.78, 5) is 24.4. The molecule has 4 nitrogen and oxygen atoms in total. The van der Waals surface area contributed by atoms with Crippen molar-refractivity contribution < 1.29 is 19.1 Å². The molecule has 34 heavy (non-hydrogen) atoms. The van der Waals surface area contributed by atoms with Gasteiger partial charge in [0.2, 0.25) is 0 Å². The van der Waals surface area contributed by atoms with Gasteiger partial charge in [-0.1, -0.05) is 76.9 Å². The van der Waals surface area contributed by atoms with Gasteiger partial charge >= 0.3 is 11.9 Å². The van der Waals surface area contributed by atoms with Gasteiger partial charge in [-0.05, 0) is 71.9 Å². The Morgan fingerprint density at radius 1 is 0.618 bits per heavy atom. The maximum absolute atomic E-state index is 12.2. The topological polar surface area (TPSA) is 52.6 Å². The monoisotopic (exact) mass is 466 g/mol. The number of unbranched alkanes of at least 4 members (excludes halogenated alkanes) is 1. The molecule has 0 fully saturated rings. The quantitative estimate of drug-likeness (QED) is 0.208. The van der Waals surface area contributed by atoms with Crippen LogP contribution in [-0.2, 0) is 58.0 Å². The first-order chi connectivity index (χ1) is 16.5. The first kappa shape index (κ1) is 27.6.